The average Bonchev–Trinajstić information content (AvgIpc) is 2.72. The summed E-state index contributed by atoms with van der Waals surface area (Å²) in [6, 6.07) is 8.97. The highest BCUT2D eigenvalue weighted by Gasteiger charge is 2.39. The maximum Gasteiger partial charge on any atom is 0.0241 e. The van der Waals surface area contributed by atoms with Crippen LogP contribution >= 0.6 is 11.8 Å². The van der Waals surface area contributed by atoms with Crippen LogP contribution in [0.25, 0.3) is 0 Å². The van der Waals surface area contributed by atoms with Gasteiger partial charge in [-0.15, -0.1) is 0 Å². The van der Waals surface area contributed by atoms with Crippen LogP contribution in [0.15, 0.2) is 24.3 Å². The maximum absolute atomic E-state index is 2.31. The highest BCUT2D eigenvalue weighted by molar-refractivity contribution is 8.00. The normalized spacial score (nSPS) is 23.7. The molecule has 0 saturated carbocycles. The largest absolute Gasteiger partial charge is 0.154 e. The average molecular weight is 190 g/mol. The molecule has 3 rings (SSSR count). The molecule has 1 aliphatic heterocycles. The summed E-state index contributed by atoms with van der Waals surface area (Å²) in [5, 5.41) is 0. The van der Waals surface area contributed by atoms with Gasteiger partial charge in [0.15, 0.2) is 0 Å². The monoisotopic (exact) mass is 190 g/mol. The molecule has 1 aliphatic carbocycles. The van der Waals surface area contributed by atoms with Crippen molar-refractivity contribution >= 4 is 11.8 Å². The summed E-state index contributed by atoms with van der Waals surface area (Å²) in [5.74, 6) is 1.38. The molecule has 0 aromatic heterocycles. The minimum absolute atomic E-state index is 0.615. The molecule has 1 heteroatoms. The first-order chi connectivity index (χ1) is 6.38. The summed E-state index contributed by atoms with van der Waals surface area (Å²) in [6.07, 6.45) is 5.52. The molecular formula is C12H14S. The van der Waals surface area contributed by atoms with E-state index in [2.05, 4.69) is 36.0 Å². The first kappa shape index (κ1) is 7.93. The molecule has 2 aliphatic rings. The molecule has 0 nitrogen and oxygen atoms in total. The van der Waals surface area contributed by atoms with Gasteiger partial charge in [0.05, 0.1) is 0 Å². The Kier molecular flexibility index (Phi) is 1.69. The molecule has 1 aromatic carbocycles. The van der Waals surface area contributed by atoms with E-state index < -0.39 is 0 Å². The molecule has 0 radical (unpaired) electrons. The molecule has 1 spiro atoms. The Morgan fingerprint density at radius 2 is 1.77 bits per heavy atom. The van der Waals surface area contributed by atoms with Crippen LogP contribution in [0, 0.1) is 0 Å². The summed E-state index contributed by atoms with van der Waals surface area (Å²) in [4.78, 5) is 0. The number of hydrogen-bond donors (Lipinski definition) is 0. The van der Waals surface area contributed by atoms with Gasteiger partial charge in [0, 0.05) is 4.75 Å². The zero-order valence-corrected chi connectivity index (χ0v) is 8.57. The Morgan fingerprint density at radius 1 is 1.08 bits per heavy atom. The van der Waals surface area contributed by atoms with E-state index in [0.717, 1.165) is 0 Å². The second-order valence-corrected chi connectivity index (χ2v) is 5.82. The first-order valence-corrected chi connectivity index (χ1v) is 6.07. The molecule has 0 bridgehead atoms. The van der Waals surface area contributed by atoms with Crippen LogP contribution in [0.2, 0.25) is 0 Å². The molecule has 0 N–H and O–H groups in total. The van der Waals surface area contributed by atoms with E-state index in [0.29, 0.717) is 4.75 Å². The van der Waals surface area contributed by atoms with Crippen LogP contribution in [-0.2, 0) is 12.8 Å². The second-order valence-electron chi connectivity index (χ2n) is 4.26. The number of benzene rings is 1. The van der Waals surface area contributed by atoms with Gasteiger partial charge in [-0.3, -0.25) is 0 Å². The first-order valence-electron chi connectivity index (χ1n) is 5.09. The summed E-state index contributed by atoms with van der Waals surface area (Å²) in [6.45, 7) is 0. The van der Waals surface area contributed by atoms with Gasteiger partial charge in [0.2, 0.25) is 0 Å². The van der Waals surface area contributed by atoms with E-state index in [9.17, 15) is 0 Å². The fraction of sp³-hybridized carbons (Fsp3) is 0.500. The van der Waals surface area contributed by atoms with E-state index in [4.69, 9.17) is 0 Å². The lowest BCUT2D eigenvalue weighted by atomic mass is 10.00. The van der Waals surface area contributed by atoms with Gasteiger partial charge in [-0.1, -0.05) is 24.3 Å². The number of rotatable bonds is 0. The molecule has 1 heterocycles. The molecule has 1 saturated heterocycles. The third kappa shape index (κ3) is 1.21. The third-order valence-corrected chi connectivity index (χ3v) is 4.93. The summed E-state index contributed by atoms with van der Waals surface area (Å²) in [5.41, 5.74) is 3.22. The van der Waals surface area contributed by atoms with Crippen LogP contribution in [-0.4, -0.2) is 10.5 Å². The highest BCUT2D eigenvalue weighted by atomic mass is 32.2. The fourth-order valence-electron chi connectivity index (χ4n) is 2.69. The SMILES string of the molecule is c1ccc2c(c1)CC1(CCCS1)C2. The topological polar surface area (TPSA) is 0 Å². The summed E-state index contributed by atoms with van der Waals surface area (Å²) >= 11 is 2.21. The van der Waals surface area contributed by atoms with E-state index in [1.165, 1.54) is 31.4 Å². The van der Waals surface area contributed by atoms with Crippen LogP contribution in [0.4, 0.5) is 0 Å². The van der Waals surface area contributed by atoms with Crippen molar-refractivity contribution in [2.24, 2.45) is 0 Å². The van der Waals surface area contributed by atoms with E-state index >= 15 is 0 Å². The van der Waals surface area contributed by atoms with Gasteiger partial charge >= 0.3 is 0 Å². The molecule has 1 fully saturated rings. The van der Waals surface area contributed by atoms with Crippen LogP contribution in [0.5, 0.6) is 0 Å². The summed E-state index contributed by atoms with van der Waals surface area (Å²) in [7, 11) is 0. The van der Waals surface area contributed by atoms with Crippen LogP contribution in [0.3, 0.4) is 0 Å². The Balaban J connectivity index is 1.96. The Labute approximate surface area is 83.7 Å². The van der Waals surface area contributed by atoms with Crippen molar-refractivity contribution in [3.63, 3.8) is 0 Å². The van der Waals surface area contributed by atoms with Crippen LogP contribution < -0.4 is 0 Å². The van der Waals surface area contributed by atoms with Crippen molar-refractivity contribution in [1.29, 1.82) is 0 Å². The zero-order chi connectivity index (χ0) is 8.73. The Morgan fingerprint density at radius 3 is 2.31 bits per heavy atom. The highest BCUT2D eigenvalue weighted by Crippen LogP contribution is 2.47. The number of thioether (sulfide) groups is 1. The van der Waals surface area contributed by atoms with E-state index in [-0.39, 0.29) is 0 Å². The van der Waals surface area contributed by atoms with Crippen molar-refractivity contribution in [3.05, 3.63) is 35.4 Å². The molecule has 0 amide bonds. The predicted molar refractivity (Wildman–Crippen MR) is 58.3 cm³/mol. The van der Waals surface area contributed by atoms with Crippen molar-refractivity contribution in [1.82, 2.24) is 0 Å². The lowest BCUT2D eigenvalue weighted by molar-refractivity contribution is 0.589. The molecule has 13 heavy (non-hydrogen) atoms. The molecule has 68 valence electrons. The van der Waals surface area contributed by atoms with Gasteiger partial charge in [-0.25, -0.2) is 0 Å². The number of hydrogen-bond acceptors (Lipinski definition) is 1. The molecule has 0 unspecified atom stereocenters. The lowest BCUT2D eigenvalue weighted by Crippen LogP contribution is -2.20. The maximum atomic E-state index is 2.31. The number of fused-ring (bicyclic) bond motifs is 1. The van der Waals surface area contributed by atoms with Crippen molar-refractivity contribution in [2.45, 2.75) is 30.4 Å². The summed E-state index contributed by atoms with van der Waals surface area (Å²) < 4.78 is 0.615. The molecule has 1 aromatic rings. The minimum atomic E-state index is 0.615. The van der Waals surface area contributed by atoms with E-state index in [1.54, 1.807) is 11.1 Å². The molecular weight excluding hydrogens is 176 g/mol. The van der Waals surface area contributed by atoms with Gasteiger partial charge in [0.1, 0.15) is 0 Å². The fourth-order valence-corrected chi connectivity index (χ4v) is 4.22. The van der Waals surface area contributed by atoms with E-state index in [1.807, 2.05) is 0 Å². The van der Waals surface area contributed by atoms with Gasteiger partial charge in [-0.05, 0) is 42.6 Å². The minimum Gasteiger partial charge on any atom is -0.154 e. The standard InChI is InChI=1S/C12H14S/c1-2-5-11-9-12(6-3-7-13-12)8-10(11)4-1/h1-2,4-5H,3,6-9H2. The second kappa shape index (κ2) is 2.78. The smallest absolute Gasteiger partial charge is 0.0241 e. The van der Waals surface area contributed by atoms with Crippen LogP contribution in [0.1, 0.15) is 24.0 Å². The quantitative estimate of drug-likeness (QED) is 0.606. The van der Waals surface area contributed by atoms with Crippen molar-refractivity contribution < 1.29 is 0 Å². The van der Waals surface area contributed by atoms with Gasteiger partial charge < -0.3 is 0 Å². The zero-order valence-electron chi connectivity index (χ0n) is 7.75. The third-order valence-electron chi connectivity index (χ3n) is 3.33. The Hall–Kier alpha value is -0.430. The van der Waals surface area contributed by atoms with Crippen molar-refractivity contribution in [3.8, 4) is 0 Å². The predicted octanol–water partition coefficient (Wildman–Crippen LogP) is 3.05. The van der Waals surface area contributed by atoms with Crippen molar-refractivity contribution in [2.75, 3.05) is 5.75 Å². The Bertz CT molecular complexity index is 297. The molecule has 0 atom stereocenters. The lowest BCUT2D eigenvalue weighted by Gasteiger charge is -2.20. The van der Waals surface area contributed by atoms with Gasteiger partial charge in [-0.2, -0.15) is 11.8 Å². The van der Waals surface area contributed by atoms with Gasteiger partial charge in [0.25, 0.3) is 0 Å².